The van der Waals surface area contributed by atoms with Gasteiger partial charge in [-0.15, -0.1) is 0 Å². The van der Waals surface area contributed by atoms with E-state index in [-0.39, 0.29) is 0 Å². The molecule has 0 saturated carbocycles. The summed E-state index contributed by atoms with van der Waals surface area (Å²) in [5, 5.41) is 2.91. The number of hydrogen-bond acceptors (Lipinski definition) is 0. The average molecular weight is 196 g/mol. The van der Waals surface area contributed by atoms with Crippen LogP contribution in [0.4, 0.5) is 0 Å². The first kappa shape index (κ1) is 8.96. The number of aryl methyl sites for hydroxylation is 1. The quantitative estimate of drug-likeness (QED) is 0.596. The summed E-state index contributed by atoms with van der Waals surface area (Å²) < 4.78 is 0. The molecule has 0 spiro atoms. The zero-order valence-electron chi connectivity index (χ0n) is 9.38. The molecule has 2 aromatic carbocycles. The largest absolute Gasteiger partial charge is 0.0614 e. The Labute approximate surface area is 90.9 Å². The van der Waals surface area contributed by atoms with Gasteiger partial charge in [-0.2, -0.15) is 0 Å². The van der Waals surface area contributed by atoms with E-state index in [4.69, 9.17) is 0 Å². The lowest BCUT2D eigenvalue weighted by molar-refractivity contribution is 0.474. The summed E-state index contributed by atoms with van der Waals surface area (Å²) in [7, 11) is 0. The molecule has 76 valence electrons. The Morgan fingerprint density at radius 1 is 1.00 bits per heavy atom. The van der Waals surface area contributed by atoms with E-state index in [1.54, 1.807) is 0 Å². The molecule has 0 heterocycles. The molecular weight excluding hydrogens is 180 g/mol. The van der Waals surface area contributed by atoms with Crippen LogP contribution < -0.4 is 0 Å². The van der Waals surface area contributed by atoms with Crippen molar-refractivity contribution in [3.05, 3.63) is 47.5 Å². The van der Waals surface area contributed by atoms with Crippen LogP contribution in [-0.4, -0.2) is 0 Å². The van der Waals surface area contributed by atoms with Gasteiger partial charge in [0.1, 0.15) is 0 Å². The van der Waals surface area contributed by atoms with Crippen molar-refractivity contribution in [3.8, 4) is 0 Å². The van der Waals surface area contributed by atoms with Crippen molar-refractivity contribution in [1.29, 1.82) is 0 Å². The van der Waals surface area contributed by atoms with Crippen molar-refractivity contribution in [2.75, 3.05) is 0 Å². The highest BCUT2D eigenvalue weighted by atomic mass is 14.3. The van der Waals surface area contributed by atoms with Gasteiger partial charge in [0.05, 0.1) is 0 Å². The second-order valence-corrected chi connectivity index (χ2v) is 5.20. The Hall–Kier alpha value is -1.30. The average Bonchev–Trinajstić information content (AvgIpc) is 2.24. The van der Waals surface area contributed by atoms with E-state index >= 15 is 0 Å². The molecule has 0 N–H and O–H groups in total. The molecule has 0 heteroatoms. The Kier molecular flexibility index (Phi) is 1.70. The lowest BCUT2D eigenvalue weighted by Gasteiger charge is -2.32. The maximum Gasteiger partial charge on any atom is -0.00941 e. The molecule has 0 fully saturated rings. The van der Waals surface area contributed by atoms with Crippen molar-refractivity contribution in [3.63, 3.8) is 0 Å². The first-order valence-electron chi connectivity index (χ1n) is 5.70. The molecule has 1 aliphatic carbocycles. The third-order valence-corrected chi connectivity index (χ3v) is 3.74. The standard InChI is InChI=1S/C15H16/c1-15(2)10-9-12-6-3-5-11-7-4-8-13(15)14(11)12/h3-8H,9-10H2,1-2H3. The highest BCUT2D eigenvalue weighted by Crippen LogP contribution is 2.40. The zero-order valence-corrected chi connectivity index (χ0v) is 9.38. The van der Waals surface area contributed by atoms with Crippen LogP contribution in [0.25, 0.3) is 10.8 Å². The smallest absolute Gasteiger partial charge is 0.00941 e. The molecule has 0 aromatic heterocycles. The fraction of sp³-hybridized carbons (Fsp3) is 0.333. The fourth-order valence-electron chi connectivity index (χ4n) is 2.77. The monoisotopic (exact) mass is 196 g/mol. The molecule has 0 nitrogen and oxygen atoms in total. The van der Waals surface area contributed by atoms with Crippen molar-refractivity contribution in [2.24, 2.45) is 0 Å². The maximum atomic E-state index is 2.36. The minimum Gasteiger partial charge on any atom is -0.0614 e. The Balaban J connectivity index is 2.47. The van der Waals surface area contributed by atoms with Crippen molar-refractivity contribution in [2.45, 2.75) is 32.1 Å². The molecule has 15 heavy (non-hydrogen) atoms. The Morgan fingerprint density at radius 3 is 2.53 bits per heavy atom. The normalized spacial score (nSPS) is 18.0. The predicted octanol–water partition coefficient (Wildman–Crippen LogP) is 4.06. The summed E-state index contributed by atoms with van der Waals surface area (Å²) >= 11 is 0. The van der Waals surface area contributed by atoms with Crippen LogP contribution >= 0.6 is 0 Å². The highest BCUT2D eigenvalue weighted by Gasteiger charge is 2.27. The van der Waals surface area contributed by atoms with Crippen LogP contribution in [0.2, 0.25) is 0 Å². The van der Waals surface area contributed by atoms with Crippen molar-refractivity contribution < 1.29 is 0 Å². The lowest BCUT2D eigenvalue weighted by atomic mass is 9.72. The van der Waals surface area contributed by atoms with Gasteiger partial charge in [0.25, 0.3) is 0 Å². The van der Waals surface area contributed by atoms with Crippen LogP contribution in [0.15, 0.2) is 36.4 Å². The summed E-state index contributed by atoms with van der Waals surface area (Å²) in [5.41, 5.74) is 3.40. The van der Waals surface area contributed by atoms with E-state index in [9.17, 15) is 0 Å². The van der Waals surface area contributed by atoms with E-state index in [1.807, 2.05) is 0 Å². The third-order valence-electron chi connectivity index (χ3n) is 3.74. The van der Waals surface area contributed by atoms with Gasteiger partial charge in [-0.3, -0.25) is 0 Å². The molecule has 0 unspecified atom stereocenters. The molecule has 0 bridgehead atoms. The molecule has 2 aromatic rings. The maximum absolute atomic E-state index is 2.36. The van der Waals surface area contributed by atoms with Gasteiger partial charge in [0, 0.05) is 0 Å². The van der Waals surface area contributed by atoms with Crippen LogP contribution in [0.5, 0.6) is 0 Å². The van der Waals surface area contributed by atoms with Gasteiger partial charge in [-0.05, 0) is 40.2 Å². The molecule has 0 amide bonds. The van der Waals surface area contributed by atoms with E-state index in [1.165, 1.54) is 34.7 Å². The molecule has 0 saturated heterocycles. The van der Waals surface area contributed by atoms with Gasteiger partial charge in [0.2, 0.25) is 0 Å². The number of rotatable bonds is 0. The van der Waals surface area contributed by atoms with E-state index in [2.05, 4.69) is 50.2 Å². The summed E-state index contributed by atoms with van der Waals surface area (Å²) in [6.45, 7) is 4.72. The summed E-state index contributed by atoms with van der Waals surface area (Å²) in [6, 6.07) is 13.4. The van der Waals surface area contributed by atoms with E-state index < -0.39 is 0 Å². The first-order valence-corrected chi connectivity index (χ1v) is 5.70. The van der Waals surface area contributed by atoms with Gasteiger partial charge in [0.15, 0.2) is 0 Å². The third kappa shape index (κ3) is 1.21. The van der Waals surface area contributed by atoms with Crippen LogP contribution in [-0.2, 0) is 11.8 Å². The topological polar surface area (TPSA) is 0 Å². The van der Waals surface area contributed by atoms with Gasteiger partial charge >= 0.3 is 0 Å². The Bertz CT molecular complexity index is 515. The second kappa shape index (κ2) is 2.85. The molecule has 0 atom stereocenters. The highest BCUT2D eigenvalue weighted by molar-refractivity contribution is 5.90. The molecule has 0 aliphatic heterocycles. The first-order chi connectivity index (χ1) is 7.18. The minimum absolute atomic E-state index is 0.341. The lowest BCUT2D eigenvalue weighted by Crippen LogP contribution is -2.22. The molecule has 3 rings (SSSR count). The Morgan fingerprint density at radius 2 is 1.73 bits per heavy atom. The molecule has 0 radical (unpaired) electrons. The summed E-state index contributed by atoms with van der Waals surface area (Å²) in [4.78, 5) is 0. The van der Waals surface area contributed by atoms with Crippen molar-refractivity contribution in [1.82, 2.24) is 0 Å². The molecular formula is C15H16. The fourth-order valence-corrected chi connectivity index (χ4v) is 2.77. The summed E-state index contributed by atoms with van der Waals surface area (Å²) in [6.07, 6.45) is 2.49. The van der Waals surface area contributed by atoms with E-state index in [0.29, 0.717) is 5.41 Å². The predicted molar refractivity (Wildman–Crippen MR) is 65.3 cm³/mol. The number of benzene rings is 2. The summed E-state index contributed by atoms with van der Waals surface area (Å²) in [5.74, 6) is 0. The second-order valence-electron chi connectivity index (χ2n) is 5.20. The van der Waals surface area contributed by atoms with Crippen LogP contribution in [0.3, 0.4) is 0 Å². The van der Waals surface area contributed by atoms with Gasteiger partial charge in [-0.25, -0.2) is 0 Å². The van der Waals surface area contributed by atoms with Crippen LogP contribution in [0.1, 0.15) is 31.4 Å². The zero-order chi connectivity index (χ0) is 10.5. The minimum atomic E-state index is 0.341. The molecule has 1 aliphatic rings. The van der Waals surface area contributed by atoms with Crippen molar-refractivity contribution >= 4 is 10.8 Å². The van der Waals surface area contributed by atoms with E-state index in [0.717, 1.165) is 0 Å². The van der Waals surface area contributed by atoms with Gasteiger partial charge in [-0.1, -0.05) is 50.2 Å². The number of hydrogen-bond donors (Lipinski definition) is 0. The van der Waals surface area contributed by atoms with Gasteiger partial charge < -0.3 is 0 Å². The van der Waals surface area contributed by atoms with Crippen LogP contribution in [0, 0.1) is 0 Å². The SMILES string of the molecule is CC1(C)CCc2cccc3cccc1c23.